The monoisotopic (exact) mass is 503 g/mol. The number of phosphoric acid groups is 1. The lowest BCUT2D eigenvalue weighted by molar-refractivity contribution is -0.334. The second-order valence-corrected chi connectivity index (χ2v) is 11.9. The summed E-state index contributed by atoms with van der Waals surface area (Å²) in [5, 5.41) is 20.5. The molecule has 0 amide bonds. The summed E-state index contributed by atoms with van der Waals surface area (Å²) in [5.41, 5.74) is 6.03. The van der Waals surface area contributed by atoms with Gasteiger partial charge in [-0.15, -0.1) is 0 Å². The highest BCUT2D eigenvalue weighted by Gasteiger charge is 2.46. The summed E-state index contributed by atoms with van der Waals surface area (Å²) >= 11 is 0. The number of nitrogen functional groups attached to an aromatic ring is 1. The van der Waals surface area contributed by atoms with Gasteiger partial charge in [0.2, 0.25) is 0 Å². The zero-order valence-electron chi connectivity index (χ0n) is 15.1. The summed E-state index contributed by atoms with van der Waals surface area (Å²) < 4.78 is 48.6. The Hall–Kier alpha value is -1.32. The number of aromatic nitrogens is 4. The van der Waals surface area contributed by atoms with E-state index in [1.54, 1.807) is 0 Å². The molecular weight excluding hydrogens is 487 g/mol. The standard InChI is InChI=1S/C11H18N5O12P3/c12-9-6-10(14-2-13-9)16(3-15-6)11-8(18)7(17)5(27-11)1-26-29(19,20)4-30(21,22)28-31(23,24)25/h2-3,5,7-8,11,17-18H,1,4H2,(H,19,20)(H,21,22)(H2,12,13,14)(H2,23,24,25)/p-2/t5-,7+,8?,11-/m1/s1. The Morgan fingerprint density at radius 3 is 2.45 bits per heavy atom. The molecular formula is C11H16N5O12P3-2. The van der Waals surface area contributed by atoms with Gasteiger partial charge in [-0.05, 0) is 0 Å². The van der Waals surface area contributed by atoms with Gasteiger partial charge in [-0.25, -0.2) is 15.0 Å². The fourth-order valence-corrected chi connectivity index (χ4v) is 7.23. The Morgan fingerprint density at radius 1 is 1.13 bits per heavy atom. The van der Waals surface area contributed by atoms with Gasteiger partial charge in [0.25, 0.3) is 0 Å². The zero-order valence-corrected chi connectivity index (χ0v) is 17.8. The van der Waals surface area contributed by atoms with Crippen LogP contribution >= 0.6 is 23.0 Å². The first-order chi connectivity index (χ1) is 14.2. The van der Waals surface area contributed by atoms with Crippen LogP contribution in [0.5, 0.6) is 0 Å². The molecule has 2 aromatic rings. The van der Waals surface area contributed by atoms with Crippen molar-refractivity contribution in [3.05, 3.63) is 12.7 Å². The number of nitrogens with zero attached hydrogens (tertiary/aromatic N) is 4. The van der Waals surface area contributed by atoms with Crippen molar-refractivity contribution < 1.29 is 57.1 Å². The van der Waals surface area contributed by atoms with Gasteiger partial charge in [-0.3, -0.25) is 18.0 Å². The van der Waals surface area contributed by atoms with E-state index < -0.39 is 60.1 Å². The number of hydrogen-bond acceptors (Lipinski definition) is 14. The predicted molar refractivity (Wildman–Crippen MR) is 94.8 cm³/mol. The molecule has 1 fully saturated rings. The lowest BCUT2D eigenvalue weighted by atomic mass is 10.1. The Morgan fingerprint density at radius 2 is 1.81 bits per heavy atom. The van der Waals surface area contributed by atoms with E-state index in [4.69, 9.17) is 10.5 Å². The van der Waals surface area contributed by atoms with Gasteiger partial charge in [0.05, 0.1) is 20.8 Å². The average Bonchev–Trinajstić information content (AvgIpc) is 3.13. The van der Waals surface area contributed by atoms with Crippen molar-refractivity contribution in [2.24, 2.45) is 0 Å². The van der Waals surface area contributed by atoms with Crippen LogP contribution in [0, 0.1) is 0 Å². The molecule has 3 heterocycles. The van der Waals surface area contributed by atoms with Gasteiger partial charge in [0, 0.05) is 0 Å². The molecule has 17 nitrogen and oxygen atoms in total. The highest BCUT2D eigenvalue weighted by molar-refractivity contribution is 7.73. The van der Waals surface area contributed by atoms with Crippen LogP contribution in [0.15, 0.2) is 12.7 Å². The number of aliphatic hydroxyl groups excluding tert-OH is 2. The minimum absolute atomic E-state index is 0.0502. The Bertz CT molecular complexity index is 1110. The molecule has 0 bridgehead atoms. The molecule has 0 radical (unpaired) electrons. The number of nitrogens with two attached hydrogens (primary N) is 1. The lowest BCUT2D eigenvalue weighted by Crippen LogP contribution is -2.33. The molecule has 174 valence electrons. The zero-order chi connectivity index (χ0) is 23.2. The molecule has 1 aliphatic heterocycles. The van der Waals surface area contributed by atoms with Crippen molar-refractivity contribution in [2.45, 2.75) is 24.5 Å². The van der Waals surface area contributed by atoms with Crippen molar-refractivity contribution in [2.75, 3.05) is 18.2 Å². The smallest absolute Gasteiger partial charge is 0.344 e. The Balaban J connectivity index is 1.69. The van der Waals surface area contributed by atoms with Crippen molar-refractivity contribution in [1.29, 1.82) is 0 Å². The van der Waals surface area contributed by atoms with E-state index in [1.807, 2.05) is 0 Å². The molecule has 6 N–H and O–H groups in total. The van der Waals surface area contributed by atoms with Gasteiger partial charge in [-0.1, -0.05) is 0 Å². The summed E-state index contributed by atoms with van der Waals surface area (Å²) in [7, 11) is -16.2. The summed E-state index contributed by atoms with van der Waals surface area (Å²) in [6.45, 7) is -0.862. The quantitative estimate of drug-likeness (QED) is 0.228. The van der Waals surface area contributed by atoms with E-state index in [0.717, 1.165) is 6.33 Å². The average molecular weight is 503 g/mol. The maximum atomic E-state index is 12.0. The van der Waals surface area contributed by atoms with Crippen LogP contribution in [0.25, 0.3) is 11.2 Å². The van der Waals surface area contributed by atoms with E-state index >= 15 is 0 Å². The van der Waals surface area contributed by atoms with Crippen LogP contribution in [0.3, 0.4) is 0 Å². The highest BCUT2D eigenvalue weighted by Crippen LogP contribution is 2.62. The molecule has 3 rings (SSSR count). The highest BCUT2D eigenvalue weighted by atomic mass is 31.3. The van der Waals surface area contributed by atoms with Crippen LogP contribution in [0.4, 0.5) is 5.82 Å². The minimum Gasteiger partial charge on any atom is -0.789 e. The van der Waals surface area contributed by atoms with Gasteiger partial charge in [0.1, 0.15) is 30.2 Å². The number of fused-ring (bicyclic) bond motifs is 1. The predicted octanol–water partition coefficient (Wildman–Crippen LogP) is -2.78. The minimum atomic E-state index is -5.92. The topological polar surface area (TPSA) is 276 Å². The van der Waals surface area contributed by atoms with E-state index in [1.165, 1.54) is 10.9 Å². The maximum absolute atomic E-state index is 12.0. The molecule has 1 saturated heterocycles. The maximum Gasteiger partial charge on any atom is 0.344 e. The van der Waals surface area contributed by atoms with Crippen LogP contribution in [-0.2, 0) is 27.3 Å². The van der Waals surface area contributed by atoms with E-state index in [-0.39, 0.29) is 17.0 Å². The first-order valence-electron chi connectivity index (χ1n) is 8.15. The number of anilines is 1. The first-order valence-corrected chi connectivity index (χ1v) is 13.1. The molecule has 0 spiro atoms. The molecule has 20 heteroatoms. The molecule has 6 atom stereocenters. The molecule has 0 saturated carbocycles. The third-order valence-electron chi connectivity index (χ3n) is 4.02. The number of hydrogen-bond donors (Lipinski definition) is 5. The van der Waals surface area contributed by atoms with Crippen LogP contribution in [0.2, 0.25) is 0 Å². The van der Waals surface area contributed by atoms with E-state index in [2.05, 4.69) is 23.8 Å². The second kappa shape index (κ2) is 8.56. The van der Waals surface area contributed by atoms with Crippen LogP contribution < -0.4 is 15.5 Å². The van der Waals surface area contributed by atoms with Gasteiger partial charge in [-0.2, -0.15) is 0 Å². The van der Waals surface area contributed by atoms with E-state index in [9.17, 15) is 43.5 Å². The van der Waals surface area contributed by atoms with Crippen LogP contribution in [-0.4, -0.2) is 70.3 Å². The SMILES string of the molecule is Nc1ncnc2c1ncn2[C@@H]1O[C@H](COP(=O)(O)CP(=O)(O)OP(=O)([O-])[O-])[C@H](O)C1O. The fraction of sp³-hybridized carbons (Fsp3) is 0.545. The molecule has 31 heavy (non-hydrogen) atoms. The third-order valence-corrected chi connectivity index (χ3v) is 9.26. The number of aliphatic hydroxyl groups is 2. The molecule has 2 aromatic heterocycles. The first kappa shape index (κ1) is 24.3. The Labute approximate surface area is 172 Å². The molecule has 3 unspecified atom stereocenters. The molecule has 1 aliphatic rings. The normalized spacial score (nSPS) is 28.5. The number of rotatable bonds is 8. The Kier molecular flexibility index (Phi) is 6.71. The summed E-state index contributed by atoms with van der Waals surface area (Å²) in [6, 6.07) is 0. The van der Waals surface area contributed by atoms with Gasteiger partial charge in [0.15, 0.2) is 23.6 Å². The molecule has 0 aromatic carbocycles. The van der Waals surface area contributed by atoms with Crippen molar-refractivity contribution >= 4 is 40.0 Å². The number of ether oxygens (including phenoxy) is 1. The summed E-state index contributed by atoms with van der Waals surface area (Å²) in [5.74, 6) is -1.67. The third kappa shape index (κ3) is 5.73. The number of imidazole rings is 1. The van der Waals surface area contributed by atoms with Gasteiger partial charge < -0.3 is 49.3 Å². The van der Waals surface area contributed by atoms with Crippen molar-refractivity contribution in [3.8, 4) is 0 Å². The fourth-order valence-electron chi connectivity index (χ4n) is 2.79. The van der Waals surface area contributed by atoms with Crippen LogP contribution in [0.1, 0.15) is 6.23 Å². The summed E-state index contributed by atoms with van der Waals surface area (Å²) in [4.78, 5) is 51.5. The van der Waals surface area contributed by atoms with E-state index in [0.29, 0.717) is 0 Å². The largest absolute Gasteiger partial charge is 0.789 e. The second-order valence-electron chi connectivity index (χ2n) is 6.37. The lowest BCUT2D eigenvalue weighted by Gasteiger charge is -2.30. The molecule has 0 aliphatic carbocycles. The van der Waals surface area contributed by atoms with Crippen molar-refractivity contribution in [3.63, 3.8) is 0 Å². The van der Waals surface area contributed by atoms with Gasteiger partial charge >= 0.3 is 15.2 Å². The van der Waals surface area contributed by atoms with Crippen molar-refractivity contribution in [1.82, 2.24) is 19.5 Å². The summed E-state index contributed by atoms with van der Waals surface area (Å²) in [6.07, 6.45) is -3.53.